The summed E-state index contributed by atoms with van der Waals surface area (Å²) in [4.78, 5) is 0. The molecule has 0 spiro atoms. The highest BCUT2D eigenvalue weighted by atomic mass is 16.7. The molecule has 10 heavy (non-hydrogen) atoms. The Bertz CT molecular complexity index is 124. The van der Waals surface area contributed by atoms with Crippen molar-refractivity contribution in [1.82, 2.24) is 0 Å². The van der Waals surface area contributed by atoms with E-state index < -0.39 is 0 Å². The lowest BCUT2D eigenvalue weighted by molar-refractivity contribution is -0.163. The highest BCUT2D eigenvalue weighted by Crippen LogP contribution is 2.32. The summed E-state index contributed by atoms with van der Waals surface area (Å²) < 4.78 is 10.9. The predicted octanol–water partition coefficient (Wildman–Crippen LogP) is 1.41. The first-order chi connectivity index (χ1) is 4.86. The molecule has 2 heterocycles. The van der Waals surface area contributed by atoms with Gasteiger partial charge in [0.1, 0.15) is 0 Å². The molecule has 2 aliphatic heterocycles. The summed E-state index contributed by atoms with van der Waals surface area (Å²) >= 11 is 0. The van der Waals surface area contributed by atoms with Gasteiger partial charge in [0.15, 0.2) is 6.29 Å². The second kappa shape index (κ2) is 2.51. The van der Waals surface area contributed by atoms with Crippen molar-refractivity contribution in [3.8, 4) is 0 Å². The molecule has 2 fully saturated rings. The van der Waals surface area contributed by atoms with Crippen molar-refractivity contribution < 1.29 is 9.47 Å². The van der Waals surface area contributed by atoms with E-state index in [0.717, 1.165) is 19.1 Å². The minimum absolute atomic E-state index is 0.149. The molecule has 2 saturated heterocycles. The third-order valence-corrected chi connectivity index (χ3v) is 2.41. The molecule has 2 heteroatoms. The highest BCUT2D eigenvalue weighted by Gasteiger charge is 2.33. The Hall–Kier alpha value is -0.0800. The molecule has 0 saturated carbocycles. The van der Waals surface area contributed by atoms with Gasteiger partial charge in [-0.25, -0.2) is 0 Å². The van der Waals surface area contributed by atoms with Crippen LogP contribution in [-0.4, -0.2) is 19.5 Å². The SMILES string of the molecule is C[C@H]1CO[C@H]2OCC[C@H]2C1. The van der Waals surface area contributed by atoms with E-state index >= 15 is 0 Å². The lowest BCUT2D eigenvalue weighted by Crippen LogP contribution is -2.30. The van der Waals surface area contributed by atoms with Crippen LogP contribution >= 0.6 is 0 Å². The van der Waals surface area contributed by atoms with Crippen LogP contribution in [0.5, 0.6) is 0 Å². The van der Waals surface area contributed by atoms with Gasteiger partial charge >= 0.3 is 0 Å². The molecule has 0 radical (unpaired) electrons. The maximum atomic E-state index is 5.49. The van der Waals surface area contributed by atoms with Crippen LogP contribution < -0.4 is 0 Å². The van der Waals surface area contributed by atoms with E-state index in [2.05, 4.69) is 6.92 Å². The van der Waals surface area contributed by atoms with Gasteiger partial charge in [0.05, 0.1) is 13.2 Å². The number of hydrogen-bond donors (Lipinski definition) is 0. The summed E-state index contributed by atoms with van der Waals surface area (Å²) in [5, 5.41) is 0. The zero-order valence-electron chi connectivity index (χ0n) is 6.38. The minimum atomic E-state index is 0.149. The lowest BCUT2D eigenvalue weighted by atomic mass is 9.92. The van der Waals surface area contributed by atoms with Crippen molar-refractivity contribution >= 4 is 0 Å². The average molecular weight is 142 g/mol. The van der Waals surface area contributed by atoms with Gasteiger partial charge in [-0.05, 0) is 18.8 Å². The number of rotatable bonds is 0. The second-order valence-electron chi connectivity index (χ2n) is 3.46. The molecule has 0 aromatic rings. The Morgan fingerprint density at radius 3 is 3.10 bits per heavy atom. The van der Waals surface area contributed by atoms with E-state index in [0.29, 0.717) is 5.92 Å². The fourth-order valence-electron chi connectivity index (χ4n) is 1.86. The third kappa shape index (κ3) is 1.06. The second-order valence-corrected chi connectivity index (χ2v) is 3.46. The highest BCUT2D eigenvalue weighted by molar-refractivity contribution is 4.75. The van der Waals surface area contributed by atoms with Gasteiger partial charge in [-0.1, -0.05) is 6.92 Å². The van der Waals surface area contributed by atoms with Crippen LogP contribution in [0.1, 0.15) is 19.8 Å². The predicted molar refractivity (Wildman–Crippen MR) is 37.6 cm³/mol. The van der Waals surface area contributed by atoms with Gasteiger partial charge in [0.2, 0.25) is 0 Å². The molecule has 2 rings (SSSR count). The van der Waals surface area contributed by atoms with Gasteiger partial charge in [-0.2, -0.15) is 0 Å². The lowest BCUT2D eigenvalue weighted by Gasteiger charge is -2.28. The van der Waals surface area contributed by atoms with Gasteiger partial charge < -0.3 is 9.47 Å². The Labute approximate surface area is 61.5 Å². The Kier molecular flexibility index (Phi) is 1.66. The van der Waals surface area contributed by atoms with Gasteiger partial charge in [0.25, 0.3) is 0 Å². The quantitative estimate of drug-likeness (QED) is 0.509. The first kappa shape index (κ1) is 6.62. The Morgan fingerprint density at radius 1 is 1.30 bits per heavy atom. The standard InChI is InChI=1S/C8H14O2/c1-6-4-7-2-3-9-8(7)10-5-6/h6-8H,2-5H2,1H3/t6-,7+,8-/m1/s1. The van der Waals surface area contributed by atoms with E-state index in [1.54, 1.807) is 0 Å². The molecule has 2 nitrogen and oxygen atoms in total. The fraction of sp³-hybridized carbons (Fsp3) is 1.00. The summed E-state index contributed by atoms with van der Waals surface area (Å²) in [6, 6.07) is 0. The molecule has 58 valence electrons. The van der Waals surface area contributed by atoms with Crippen molar-refractivity contribution in [3.05, 3.63) is 0 Å². The first-order valence-electron chi connectivity index (χ1n) is 4.09. The van der Waals surface area contributed by atoms with E-state index in [4.69, 9.17) is 9.47 Å². The molecule has 0 aliphatic carbocycles. The van der Waals surface area contributed by atoms with Gasteiger partial charge in [0, 0.05) is 5.92 Å². The normalized spacial score (nSPS) is 47.1. The molecule has 0 bridgehead atoms. The smallest absolute Gasteiger partial charge is 0.160 e. The van der Waals surface area contributed by atoms with Crippen LogP contribution in [0.3, 0.4) is 0 Å². The van der Waals surface area contributed by atoms with Gasteiger partial charge in [-0.3, -0.25) is 0 Å². The Balaban J connectivity index is 1.96. The van der Waals surface area contributed by atoms with Crippen molar-refractivity contribution in [2.24, 2.45) is 11.8 Å². The number of fused-ring (bicyclic) bond motifs is 1. The molecule has 0 aromatic heterocycles. The molecule has 0 N–H and O–H groups in total. The van der Waals surface area contributed by atoms with Crippen LogP contribution in [0, 0.1) is 11.8 Å². The van der Waals surface area contributed by atoms with Crippen molar-refractivity contribution in [3.63, 3.8) is 0 Å². The average Bonchev–Trinajstić information content (AvgIpc) is 2.33. The maximum Gasteiger partial charge on any atom is 0.160 e. The largest absolute Gasteiger partial charge is 0.352 e. The third-order valence-electron chi connectivity index (χ3n) is 2.41. The molecule has 0 aromatic carbocycles. The van der Waals surface area contributed by atoms with E-state index in [1.807, 2.05) is 0 Å². The zero-order chi connectivity index (χ0) is 6.97. The van der Waals surface area contributed by atoms with Crippen LogP contribution in [0.2, 0.25) is 0 Å². The van der Waals surface area contributed by atoms with E-state index in [1.165, 1.54) is 12.8 Å². The summed E-state index contributed by atoms with van der Waals surface area (Å²) in [7, 11) is 0. The molecule has 0 amide bonds. The van der Waals surface area contributed by atoms with Crippen molar-refractivity contribution in [2.75, 3.05) is 13.2 Å². The minimum Gasteiger partial charge on any atom is -0.352 e. The van der Waals surface area contributed by atoms with Gasteiger partial charge in [-0.15, -0.1) is 0 Å². The van der Waals surface area contributed by atoms with Crippen LogP contribution in [0.4, 0.5) is 0 Å². The molecule has 0 unspecified atom stereocenters. The number of ether oxygens (including phenoxy) is 2. The van der Waals surface area contributed by atoms with Crippen LogP contribution in [-0.2, 0) is 9.47 Å². The van der Waals surface area contributed by atoms with E-state index in [-0.39, 0.29) is 6.29 Å². The van der Waals surface area contributed by atoms with Crippen LogP contribution in [0.25, 0.3) is 0 Å². The monoisotopic (exact) mass is 142 g/mol. The van der Waals surface area contributed by atoms with Crippen LogP contribution in [0.15, 0.2) is 0 Å². The maximum absolute atomic E-state index is 5.49. The molecule has 2 aliphatic rings. The van der Waals surface area contributed by atoms with E-state index in [9.17, 15) is 0 Å². The summed E-state index contributed by atoms with van der Waals surface area (Å²) in [5.41, 5.74) is 0. The van der Waals surface area contributed by atoms with Crippen molar-refractivity contribution in [1.29, 1.82) is 0 Å². The molecule has 3 atom stereocenters. The fourth-order valence-corrected chi connectivity index (χ4v) is 1.86. The first-order valence-corrected chi connectivity index (χ1v) is 4.09. The topological polar surface area (TPSA) is 18.5 Å². The summed E-state index contributed by atoms with van der Waals surface area (Å²) in [6.07, 6.45) is 2.65. The summed E-state index contributed by atoms with van der Waals surface area (Å²) in [6.45, 7) is 4.04. The molecular formula is C8H14O2. The zero-order valence-corrected chi connectivity index (χ0v) is 6.38. The Morgan fingerprint density at radius 2 is 2.20 bits per heavy atom. The summed E-state index contributed by atoms with van der Waals surface area (Å²) in [5.74, 6) is 1.44. The molecular weight excluding hydrogens is 128 g/mol. The van der Waals surface area contributed by atoms with Crippen molar-refractivity contribution in [2.45, 2.75) is 26.1 Å². The number of hydrogen-bond acceptors (Lipinski definition) is 2.